The molecule has 0 aliphatic heterocycles. The summed E-state index contributed by atoms with van der Waals surface area (Å²) < 4.78 is 38.8. The summed E-state index contributed by atoms with van der Waals surface area (Å²) >= 11 is 1.38. The van der Waals surface area contributed by atoms with Crippen molar-refractivity contribution in [2.24, 2.45) is 5.92 Å². The zero-order chi connectivity index (χ0) is 22.9. The highest BCUT2D eigenvalue weighted by Gasteiger charge is 2.37. The summed E-state index contributed by atoms with van der Waals surface area (Å²) in [5, 5.41) is 23.6. The van der Waals surface area contributed by atoms with Crippen molar-refractivity contribution < 1.29 is 18.3 Å². The maximum atomic E-state index is 12.9. The number of alkyl halides is 3. The van der Waals surface area contributed by atoms with E-state index in [9.17, 15) is 18.3 Å². The van der Waals surface area contributed by atoms with Crippen LogP contribution in [-0.2, 0) is 11.8 Å². The molecule has 2 aromatic heterocycles. The van der Waals surface area contributed by atoms with Crippen LogP contribution in [0.4, 0.5) is 24.8 Å². The number of hydrogen-bond donors (Lipinski definition) is 2. The zero-order valence-corrected chi connectivity index (χ0v) is 18.0. The van der Waals surface area contributed by atoms with Crippen LogP contribution in [0.5, 0.6) is 0 Å². The molecular weight excluding hydrogens is 439 g/mol. The molecule has 0 unspecified atom stereocenters. The predicted molar refractivity (Wildman–Crippen MR) is 114 cm³/mol. The van der Waals surface area contributed by atoms with E-state index in [2.05, 4.69) is 26.3 Å². The van der Waals surface area contributed by atoms with Crippen molar-refractivity contribution in [3.8, 4) is 16.5 Å². The molecule has 0 saturated heterocycles. The number of thiazole rings is 1. The molecule has 0 radical (unpaired) electrons. The molecule has 1 aliphatic rings. The number of aliphatic hydroxyl groups is 1. The van der Waals surface area contributed by atoms with Crippen LogP contribution in [0.3, 0.4) is 0 Å². The van der Waals surface area contributed by atoms with E-state index in [-0.39, 0.29) is 11.9 Å². The third-order valence-electron chi connectivity index (χ3n) is 5.46. The summed E-state index contributed by atoms with van der Waals surface area (Å²) in [6, 6.07) is 8.58. The molecule has 6 nitrogen and oxygen atoms in total. The Hall–Kier alpha value is -3.03. The number of anilines is 2. The van der Waals surface area contributed by atoms with Gasteiger partial charge >= 0.3 is 6.18 Å². The van der Waals surface area contributed by atoms with Crippen molar-refractivity contribution in [3.63, 3.8) is 0 Å². The van der Waals surface area contributed by atoms with Crippen LogP contribution in [0, 0.1) is 24.2 Å². The molecule has 166 valence electrons. The monoisotopic (exact) mass is 459 g/mol. The standard InChI is InChI=1S/C22H20F3N5OS/c1-13-8-15(10-16(9-13)29-20-27-7-4-18(30-20)22(23,24)25)17-12-28-19(32-17)21(31)5-2-14(11-26)3-6-21/h4,7-10,12,14,31H,2-3,5-6H2,1H3,(H,27,29,30). The number of nitrogens with zero attached hydrogens (tertiary/aromatic N) is 4. The van der Waals surface area contributed by atoms with Crippen LogP contribution >= 0.6 is 11.3 Å². The molecule has 32 heavy (non-hydrogen) atoms. The quantitative estimate of drug-likeness (QED) is 0.530. The summed E-state index contributed by atoms with van der Waals surface area (Å²) in [6.07, 6.45) is 0.453. The number of nitriles is 1. The number of aryl methyl sites for hydroxylation is 1. The smallest absolute Gasteiger partial charge is 0.383 e. The number of rotatable bonds is 4. The van der Waals surface area contributed by atoms with E-state index in [0.29, 0.717) is 36.4 Å². The van der Waals surface area contributed by atoms with Crippen LogP contribution in [0.25, 0.3) is 10.4 Å². The lowest BCUT2D eigenvalue weighted by atomic mass is 9.80. The maximum absolute atomic E-state index is 12.9. The first kappa shape index (κ1) is 22.2. The van der Waals surface area contributed by atoms with Crippen molar-refractivity contribution in [1.82, 2.24) is 15.0 Å². The lowest BCUT2D eigenvalue weighted by Crippen LogP contribution is -2.30. The van der Waals surface area contributed by atoms with Gasteiger partial charge in [0, 0.05) is 24.0 Å². The Morgan fingerprint density at radius 2 is 1.97 bits per heavy atom. The van der Waals surface area contributed by atoms with Crippen molar-refractivity contribution in [1.29, 1.82) is 5.26 Å². The molecule has 2 N–H and O–H groups in total. The normalized spacial score (nSPS) is 21.2. The minimum absolute atomic E-state index is 0.0295. The summed E-state index contributed by atoms with van der Waals surface area (Å²) in [6.45, 7) is 1.88. The van der Waals surface area contributed by atoms with Crippen LogP contribution in [0.15, 0.2) is 36.7 Å². The second-order valence-electron chi connectivity index (χ2n) is 7.94. The largest absolute Gasteiger partial charge is 0.433 e. The van der Waals surface area contributed by atoms with E-state index >= 15 is 0 Å². The minimum atomic E-state index is -4.55. The first-order chi connectivity index (χ1) is 15.2. The van der Waals surface area contributed by atoms with Crippen LogP contribution < -0.4 is 5.32 Å². The highest BCUT2D eigenvalue weighted by molar-refractivity contribution is 7.15. The van der Waals surface area contributed by atoms with Gasteiger partial charge in [0.05, 0.1) is 10.9 Å². The molecule has 0 atom stereocenters. The fraction of sp³-hybridized carbons (Fsp3) is 0.364. The number of nitrogens with one attached hydrogen (secondary N) is 1. The summed E-state index contributed by atoms with van der Waals surface area (Å²) in [5.74, 6) is -0.178. The lowest BCUT2D eigenvalue weighted by Gasteiger charge is -2.32. The highest BCUT2D eigenvalue weighted by Crippen LogP contribution is 2.42. The third-order valence-corrected chi connectivity index (χ3v) is 6.70. The molecule has 2 heterocycles. The predicted octanol–water partition coefficient (Wildman–Crippen LogP) is 5.57. The first-order valence-corrected chi connectivity index (χ1v) is 10.9. The van der Waals surface area contributed by atoms with Crippen LogP contribution in [0.2, 0.25) is 0 Å². The number of aromatic nitrogens is 3. The van der Waals surface area contributed by atoms with Crippen LogP contribution in [0.1, 0.15) is 41.9 Å². The Balaban J connectivity index is 1.57. The Labute approximate surface area is 186 Å². The van der Waals surface area contributed by atoms with E-state index in [4.69, 9.17) is 5.26 Å². The van der Waals surface area contributed by atoms with Gasteiger partial charge in [-0.3, -0.25) is 0 Å². The van der Waals surface area contributed by atoms with Gasteiger partial charge in [-0.25, -0.2) is 15.0 Å². The van der Waals surface area contributed by atoms with Crippen molar-refractivity contribution in [2.45, 2.75) is 44.4 Å². The van der Waals surface area contributed by atoms with Gasteiger partial charge in [-0.2, -0.15) is 18.4 Å². The van der Waals surface area contributed by atoms with Gasteiger partial charge in [0.15, 0.2) is 0 Å². The van der Waals surface area contributed by atoms with E-state index in [1.165, 1.54) is 11.3 Å². The number of halogens is 3. The molecule has 0 spiro atoms. The topological polar surface area (TPSA) is 94.7 Å². The van der Waals surface area contributed by atoms with Gasteiger partial charge in [-0.05, 0) is 61.9 Å². The summed E-state index contributed by atoms with van der Waals surface area (Å²) in [4.78, 5) is 12.7. The molecule has 4 rings (SSSR count). The Morgan fingerprint density at radius 1 is 1.22 bits per heavy atom. The molecule has 1 aromatic carbocycles. The number of hydrogen-bond acceptors (Lipinski definition) is 7. The maximum Gasteiger partial charge on any atom is 0.433 e. The third kappa shape index (κ3) is 4.74. The second-order valence-corrected chi connectivity index (χ2v) is 8.97. The zero-order valence-electron chi connectivity index (χ0n) is 17.1. The van der Waals surface area contributed by atoms with Crippen molar-refractivity contribution in [2.75, 3.05) is 5.32 Å². The Kier molecular flexibility index (Phi) is 5.88. The molecule has 0 bridgehead atoms. The molecule has 1 saturated carbocycles. The van der Waals surface area contributed by atoms with Gasteiger partial charge < -0.3 is 10.4 Å². The molecule has 1 fully saturated rings. The van der Waals surface area contributed by atoms with E-state index < -0.39 is 17.5 Å². The Bertz CT molecular complexity index is 1160. The lowest BCUT2D eigenvalue weighted by molar-refractivity contribution is -0.141. The minimum Gasteiger partial charge on any atom is -0.383 e. The first-order valence-electron chi connectivity index (χ1n) is 10.0. The van der Waals surface area contributed by atoms with Crippen molar-refractivity contribution in [3.05, 3.63) is 52.9 Å². The average Bonchev–Trinajstić information content (AvgIpc) is 3.25. The van der Waals surface area contributed by atoms with Gasteiger partial charge in [0.1, 0.15) is 16.3 Å². The fourth-order valence-corrected chi connectivity index (χ4v) is 4.81. The summed E-state index contributed by atoms with van der Waals surface area (Å²) in [7, 11) is 0. The molecule has 10 heteroatoms. The molecule has 1 aliphatic carbocycles. The highest BCUT2D eigenvalue weighted by atomic mass is 32.1. The van der Waals surface area contributed by atoms with E-state index in [1.807, 2.05) is 13.0 Å². The van der Waals surface area contributed by atoms with Gasteiger partial charge in [-0.1, -0.05) is 6.07 Å². The van der Waals surface area contributed by atoms with Gasteiger partial charge in [0.2, 0.25) is 5.95 Å². The summed E-state index contributed by atoms with van der Waals surface area (Å²) in [5.41, 5.74) is 0.196. The Morgan fingerprint density at radius 3 is 2.66 bits per heavy atom. The molecular formula is C22H20F3N5OS. The van der Waals surface area contributed by atoms with Gasteiger partial charge in [-0.15, -0.1) is 11.3 Å². The SMILES string of the molecule is Cc1cc(Nc2nccc(C(F)(F)F)n2)cc(-c2cnc(C3(O)CCC(C#N)CC3)s2)c1. The second kappa shape index (κ2) is 8.48. The van der Waals surface area contributed by atoms with Crippen LogP contribution in [-0.4, -0.2) is 20.1 Å². The average molecular weight is 459 g/mol. The van der Waals surface area contributed by atoms with E-state index in [0.717, 1.165) is 28.3 Å². The van der Waals surface area contributed by atoms with Crippen molar-refractivity contribution >= 4 is 23.0 Å². The fourth-order valence-electron chi connectivity index (χ4n) is 3.76. The van der Waals surface area contributed by atoms with Gasteiger partial charge in [0.25, 0.3) is 0 Å². The molecule has 0 amide bonds. The number of benzene rings is 1. The molecule has 3 aromatic rings. The van der Waals surface area contributed by atoms with E-state index in [1.54, 1.807) is 18.3 Å².